The molecule has 2 aromatic rings. The molecule has 0 aliphatic carbocycles. The molecular weight excluding hydrogens is 407 g/mol. The van der Waals surface area contributed by atoms with Crippen molar-refractivity contribution in [3.05, 3.63) is 69.2 Å². The SMILES string of the molecule is O=C(NCCN1CCN(Cc2ccc(F)c(F)c2)CC1)c1ccc(Cl)c(Cl)c1. The van der Waals surface area contributed by atoms with Crippen molar-refractivity contribution in [1.29, 1.82) is 0 Å². The van der Waals surface area contributed by atoms with Gasteiger partial charge in [0.2, 0.25) is 0 Å². The molecule has 1 aliphatic heterocycles. The lowest BCUT2D eigenvalue weighted by atomic mass is 10.2. The monoisotopic (exact) mass is 427 g/mol. The maximum atomic E-state index is 13.3. The molecule has 28 heavy (non-hydrogen) atoms. The van der Waals surface area contributed by atoms with E-state index in [1.54, 1.807) is 24.3 Å². The molecule has 1 heterocycles. The summed E-state index contributed by atoms with van der Waals surface area (Å²) in [6.45, 7) is 5.24. The van der Waals surface area contributed by atoms with Crippen LogP contribution in [0.15, 0.2) is 36.4 Å². The van der Waals surface area contributed by atoms with E-state index in [9.17, 15) is 13.6 Å². The number of nitrogens with zero attached hydrogens (tertiary/aromatic N) is 2. The van der Waals surface area contributed by atoms with Crippen LogP contribution in [0, 0.1) is 11.6 Å². The summed E-state index contributed by atoms with van der Waals surface area (Å²) in [5, 5.41) is 3.65. The van der Waals surface area contributed by atoms with Crippen molar-refractivity contribution < 1.29 is 13.6 Å². The van der Waals surface area contributed by atoms with Crippen molar-refractivity contribution >= 4 is 29.1 Å². The van der Waals surface area contributed by atoms with Crippen LogP contribution in [0.25, 0.3) is 0 Å². The minimum absolute atomic E-state index is 0.185. The van der Waals surface area contributed by atoms with Gasteiger partial charge in [0.25, 0.3) is 5.91 Å². The first-order chi connectivity index (χ1) is 13.4. The lowest BCUT2D eigenvalue weighted by molar-refractivity contribution is 0.0934. The van der Waals surface area contributed by atoms with Crippen LogP contribution >= 0.6 is 23.2 Å². The van der Waals surface area contributed by atoms with Crippen LogP contribution in [0.4, 0.5) is 8.78 Å². The van der Waals surface area contributed by atoms with E-state index >= 15 is 0 Å². The molecule has 150 valence electrons. The van der Waals surface area contributed by atoms with Gasteiger partial charge in [-0.3, -0.25) is 14.6 Å². The van der Waals surface area contributed by atoms with Gasteiger partial charge in [0.05, 0.1) is 10.0 Å². The highest BCUT2D eigenvalue weighted by Crippen LogP contribution is 2.22. The molecular formula is C20H21Cl2F2N3O. The summed E-state index contributed by atoms with van der Waals surface area (Å²) >= 11 is 11.8. The first-order valence-electron chi connectivity index (χ1n) is 9.04. The smallest absolute Gasteiger partial charge is 0.251 e. The van der Waals surface area contributed by atoms with E-state index in [0.717, 1.165) is 44.4 Å². The van der Waals surface area contributed by atoms with E-state index in [2.05, 4.69) is 15.1 Å². The average molecular weight is 428 g/mol. The molecule has 0 aromatic heterocycles. The number of benzene rings is 2. The summed E-state index contributed by atoms with van der Waals surface area (Å²) in [6.07, 6.45) is 0. The number of amides is 1. The minimum Gasteiger partial charge on any atom is -0.351 e. The Morgan fingerprint density at radius 3 is 2.32 bits per heavy atom. The van der Waals surface area contributed by atoms with Crippen molar-refractivity contribution in [2.45, 2.75) is 6.54 Å². The molecule has 4 nitrogen and oxygen atoms in total. The molecule has 0 spiro atoms. The number of hydrogen-bond donors (Lipinski definition) is 1. The van der Waals surface area contributed by atoms with Crippen molar-refractivity contribution in [3.63, 3.8) is 0 Å². The predicted molar refractivity (Wildman–Crippen MR) is 107 cm³/mol. The first kappa shape index (κ1) is 21.0. The summed E-state index contributed by atoms with van der Waals surface area (Å²) in [4.78, 5) is 16.6. The summed E-state index contributed by atoms with van der Waals surface area (Å²) in [6, 6.07) is 8.82. The van der Waals surface area contributed by atoms with E-state index in [4.69, 9.17) is 23.2 Å². The molecule has 0 unspecified atom stereocenters. The fourth-order valence-corrected chi connectivity index (χ4v) is 3.43. The van der Waals surface area contributed by atoms with Crippen LogP contribution in [0.3, 0.4) is 0 Å². The molecule has 1 N–H and O–H groups in total. The van der Waals surface area contributed by atoms with Crippen LogP contribution in [0.1, 0.15) is 15.9 Å². The Hall–Kier alpha value is -1.73. The van der Waals surface area contributed by atoms with E-state index in [-0.39, 0.29) is 5.91 Å². The molecule has 0 saturated carbocycles. The number of halogens is 4. The van der Waals surface area contributed by atoms with Crippen LogP contribution in [0.5, 0.6) is 0 Å². The zero-order valence-corrected chi connectivity index (χ0v) is 16.7. The van der Waals surface area contributed by atoms with E-state index < -0.39 is 11.6 Å². The third-order valence-corrected chi connectivity index (χ3v) is 5.49. The fourth-order valence-electron chi connectivity index (χ4n) is 3.13. The molecule has 2 aromatic carbocycles. The number of rotatable bonds is 6. The van der Waals surface area contributed by atoms with Crippen LogP contribution in [0.2, 0.25) is 10.0 Å². The second kappa shape index (κ2) is 9.65. The minimum atomic E-state index is -0.823. The topological polar surface area (TPSA) is 35.6 Å². The number of carbonyl (C=O) groups excluding carboxylic acids is 1. The van der Waals surface area contributed by atoms with Crippen molar-refractivity contribution in [1.82, 2.24) is 15.1 Å². The van der Waals surface area contributed by atoms with Gasteiger partial charge in [-0.15, -0.1) is 0 Å². The normalized spacial score (nSPS) is 15.6. The molecule has 1 amide bonds. The third-order valence-electron chi connectivity index (χ3n) is 4.75. The van der Waals surface area contributed by atoms with Gasteiger partial charge in [0, 0.05) is 51.4 Å². The van der Waals surface area contributed by atoms with Crippen molar-refractivity contribution in [3.8, 4) is 0 Å². The predicted octanol–water partition coefficient (Wildman–Crippen LogP) is 3.82. The van der Waals surface area contributed by atoms with E-state index in [0.29, 0.717) is 28.7 Å². The van der Waals surface area contributed by atoms with E-state index in [1.807, 2.05) is 0 Å². The highest BCUT2D eigenvalue weighted by Gasteiger charge is 2.17. The molecule has 0 radical (unpaired) electrons. The van der Waals surface area contributed by atoms with Gasteiger partial charge in [-0.2, -0.15) is 0 Å². The number of hydrogen-bond acceptors (Lipinski definition) is 3. The average Bonchev–Trinajstić information content (AvgIpc) is 2.68. The van der Waals surface area contributed by atoms with Crippen molar-refractivity contribution in [2.75, 3.05) is 39.3 Å². The molecule has 1 fully saturated rings. The lowest BCUT2D eigenvalue weighted by Gasteiger charge is -2.34. The highest BCUT2D eigenvalue weighted by molar-refractivity contribution is 6.42. The standard InChI is InChI=1S/C20H21Cl2F2N3O/c21-16-3-2-15(12-17(16)22)20(28)25-5-6-26-7-9-27(10-8-26)13-14-1-4-18(23)19(24)11-14/h1-4,11-12H,5-10,13H2,(H,25,28). The molecule has 1 saturated heterocycles. The largest absolute Gasteiger partial charge is 0.351 e. The van der Waals surface area contributed by atoms with Gasteiger partial charge >= 0.3 is 0 Å². The fraction of sp³-hybridized carbons (Fsp3) is 0.350. The Morgan fingerprint density at radius 2 is 1.64 bits per heavy atom. The zero-order chi connectivity index (χ0) is 20.1. The Balaban J connectivity index is 1.39. The van der Waals surface area contributed by atoms with Crippen LogP contribution in [-0.4, -0.2) is 55.0 Å². The summed E-state index contributed by atoms with van der Waals surface area (Å²) < 4.78 is 26.3. The van der Waals surface area contributed by atoms with Gasteiger partial charge in [0.15, 0.2) is 11.6 Å². The third kappa shape index (κ3) is 5.64. The van der Waals surface area contributed by atoms with Gasteiger partial charge in [0.1, 0.15) is 0 Å². The second-order valence-electron chi connectivity index (χ2n) is 6.75. The lowest BCUT2D eigenvalue weighted by Crippen LogP contribution is -2.48. The Kier molecular flexibility index (Phi) is 7.24. The quantitative estimate of drug-likeness (QED) is 0.760. The summed E-state index contributed by atoms with van der Waals surface area (Å²) in [7, 11) is 0. The van der Waals surface area contributed by atoms with Gasteiger partial charge in [-0.25, -0.2) is 8.78 Å². The highest BCUT2D eigenvalue weighted by atomic mass is 35.5. The summed E-state index contributed by atoms with van der Waals surface area (Å²) in [5.74, 6) is -1.82. The molecule has 0 bridgehead atoms. The Labute approximate surface area is 173 Å². The van der Waals surface area contributed by atoms with Crippen molar-refractivity contribution in [2.24, 2.45) is 0 Å². The number of piperazine rings is 1. The number of carbonyl (C=O) groups is 1. The Morgan fingerprint density at radius 1 is 0.929 bits per heavy atom. The number of nitrogens with one attached hydrogen (secondary N) is 1. The van der Waals surface area contributed by atoms with Gasteiger partial charge in [-0.05, 0) is 35.9 Å². The first-order valence-corrected chi connectivity index (χ1v) is 9.80. The molecule has 1 aliphatic rings. The molecule has 3 rings (SSSR count). The zero-order valence-electron chi connectivity index (χ0n) is 15.2. The maximum absolute atomic E-state index is 13.3. The molecule has 0 atom stereocenters. The second-order valence-corrected chi connectivity index (χ2v) is 7.57. The van der Waals surface area contributed by atoms with Gasteiger partial charge in [-0.1, -0.05) is 29.3 Å². The Bertz CT molecular complexity index is 842. The van der Waals surface area contributed by atoms with Crippen LogP contribution < -0.4 is 5.32 Å². The summed E-state index contributed by atoms with van der Waals surface area (Å²) in [5.41, 5.74) is 1.24. The van der Waals surface area contributed by atoms with E-state index in [1.165, 1.54) is 6.07 Å². The molecule has 8 heteroatoms. The van der Waals surface area contributed by atoms with Crippen LogP contribution in [-0.2, 0) is 6.54 Å². The maximum Gasteiger partial charge on any atom is 0.251 e. The van der Waals surface area contributed by atoms with Gasteiger partial charge < -0.3 is 5.32 Å².